The zero-order chi connectivity index (χ0) is 7.90. The van der Waals surface area contributed by atoms with Crippen molar-refractivity contribution in [2.24, 2.45) is 5.41 Å². The van der Waals surface area contributed by atoms with Crippen molar-refractivity contribution in [3.63, 3.8) is 0 Å². The number of methoxy groups -OCH3 is 1. The normalized spacial score (nSPS) is 39.9. The van der Waals surface area contributed by atoms with Gasteiger partial charge in [0.15, 0.2) is 0 Å². The number of hydrogen-bond acceptors (Lipinski definition) is 3. The Morgan fingerprint density at radius 1 is 1.73 bits per heavy atom. The van der Waals surface area contributed by atoms with E-state index in [1.165, 1.54) is 20.0 Å². The third kappa shape index (κ3) is 1.03. The molecule has 3 rings (SSSR count). The monoisotopic (exact) mass is 155 g/mol. The van der Waals surface area contributed by atoms with E-state index >= 15 is 0 Å². The predicted molar refractivity (Wildman–Crippen MR) is 40.1 cm³/mol. The lowest BCUT2D eigenvalue weighted by atomic mass is 9.68. The van der Waals surface area contributed by atoms with Gasteiger partial charge in [0, 0.05) is 12.6 Å². The van der Waals surface area contributed by atoms with Gasteiger partial charge >= 0.3 is 5.97 Å². The molecule has 1 saturated carbocycles. The van der Waals surface area contributed by atoms with E-state index in [2.05, 4.69) is 10.1 Å². The number of hydrogen-bond donors (Lipinski definition) is 1. The smallest absolute Gasteiger partial charge is 0.306 e. The van der Waals surface area contributed by atoms with Crippen molar-refractivity contribution < 1.29 is 9.53 Å². The zero-order valence-electron chi connectivity index (χ0n) is 6.72. The maximum absolute atomic E-state index is 10.9. The molecule has 3 fully saturated rings. The van der Waals surface area contributed by atoms with Crippen molar-refractivity contribution in [1.29, 1.82) is 0 Å². The van der Waals surface area contributed by atoms with E-state index in [1.54, 1.807) is 0 Å². The highest BCUT2D eigenvalue weighted by Gasteiger charge is 2.51. The van der Waals surface area contributed by atoms with Gasteiger partial charge in [-0.15, -0.1) is 0 Å². The van der Waals surface area contributed by atoms with Crippen LogP contribution in [0.15, 0.2) is 0 Å². The summed E-state index contributed by atoms with van der Waals surface area (Å²) in [4.78, 5) is 10.9. The van der Waals surface area contributed by atoms with E-state index in [0.29, 0.717) is 12.5 Å². The predicted octanol–water partition coefficient (Wildman–Crippen LogP) is 0.301. The summed E-state index contributed by atoms with van der Waals surface area (Å²) in [6, 6.07) is 0.694. The molecule has 2 saturated heterocycles. The Morgan fingerprint density at radius 3 is 2.91 bits per heavy atom. The number of nitrogens with one attached hydrogen (secondary N) is 1. The van der Waals surface area contributed by atoms with Crippen LogP contribution >= 0.6 is 0 Å². The number of ether oxygens (including phenoxy) is 1. The molecule has 11 heavy (non-hydrogen) atoms. The molecule has 2 heterocycles. The second-order valence-corrected chi connectivity index (χ2v) is 3.74. The van der Waals surface area contributed by atoms with Crippen molar-refractivity contribution in [1.82, 2.24) is 5.32 Å². The van der Waals surface area contributed by atoms with E-state index in [-0.39, 0.29) is 11.4 Å². The van der Waals surface area contributed by atoms with Gasteiger partial charge in [-0.3, -0.25) is 4.79 Å². The van der Waals surface area contributed by atoms with Crippen LogP contribution in [0, 0.1) is 5.41 Å². The standard InChI is InChI=1S/C8H13NO2/c1-11-7(10)4-8-2-6(3-8)9-5-8/h6,9H,2-5H2,1H3. The lowest BCUT2D eigenvalue weighted by Gasteiger charge is -2.35. The van der Waals surface area contributed by atoms with E-state index in [4.69, 9.17) is 0 Å². The van der Waals surface area contributed by atoms with Crippen molar-refractivity contribution >= 4 is 5.97 Å². The largest absolute Gasteiger partial charge is 0.469 e. The highest BCUT2D eigenvalue weighted by Crippen LogP contribution is 2.48. The molecule has 0 spiro atoms. The van der Waals surface area contributed by atoms with Gasteiger partial charge in [-0.2, -0.15) is 0 Å². The van der Waals surface area contributed by atoms with E-state index < -0.39 is 0 Å². The van der Waals surface area contributed by atoms with Crippen LogP contribution in [0.25, 0.3) is 0 Å². The van der Waals surface area contributed by atoms with E-state index in [9.17, 15) is 4.79 Å². The van der Waals surface area contributed by atoms with Gasteiger partial charge < -0.3 is 10.1 Å². The number of rotatable bonds is 2. The van der Waals surface area contributed by atoms with Crippen LogP contribution in [-0.2, 0) is 9.53 Å². The fourth-order valence-corrected chi connectivity index (χ4v) is 2.22. The zero-order valence-corrected chi connectivity index (χ0v) is 6.72. The maximum Gasteiger partial charge on any atom is 0.306 e. The number of fused-ring (bicyclic) bond motifs is 1. The summed E-state index contributed by atoms with van der Waals surface area (Å²) in [6.07, 6.45) is 2.94. The summed E-state index contributed by atoms with van der Waals surface area (Å²) in [7, 11) is 1.46. The minimum Gasteiger partial charge on any atom is -0.469 e. The molecule has 3 heteroatoms. The van der Waals surface area contributed by atoms with E-state index in [1.807, 2.05) is 0 Å². The van der Waals surface area contributed by atoms with Gasteiger partial charge in [-0.05, 0) is 18.3 Å². The van der Waals surface area contributed by atoms with Gasteiger partial charge in [0.2, 0.25) is 0 Å². The second-order valence-electron chi connectivity index (χ2n) is 3.74. The minimum absolute atomic E-state index is 0.0628. The third-order valence-corrected chi connectivity index (χ3v) is 2.87. The molecule has 0 radical (unpaired) electrons. The van der Waals surface area contributed by atoms with Crippen molar-refractivity contribution in [3.8, 4) is 0 Å². The molecule has 0 amide bonds. The Kier molecular flexibility index (Phi) is 1.42. The van der Waals surface area contributed by atoms with Crippen LogP contribution in [0.3, 0.4) is 0 Å². The molecule has 3 aliphatic rings. The number of carbonyl (C=O) groups excluding carboxylic acids is 1. The van der Waals surface area contributed by atoms with Crippen molar-refractivity contribution in [3.05, 3.63) is 0 Å². The van der Waals surface area contributed by atoms with Crippen LogP contribution in [-0.4, -0.2) is 25.7 Å². The molecule has 0 unspecified atom stereocenters. The summed E-state index contributed by atoms with van der Waals surface area (Å²) in [5.41, 5.74) is 0.276. The lowest BCUT2D eigenvalue weighted by molar-refractivity contribution is -0.144. The summed E-state index contributed by atoms with van der Waals surface area (Å²) in [5, 5.41) is 3.36. The first-order valence-corrected chi connectivity index (χ1v) is 4.04. The average molecular weight is 155 g/mol. The Balaban J connectivity index is 1.91. The molecule has 3 nitrogen and oxygen atoms in total. The molecule has 0 atom stereocenters. The molecular weight excluding hydrogens is 142 g/mol. The van der Waals surface area contributed by atoms with Crippen molar-refractivity contribution in [2.75, 3.05) is 13.7 Å². The van der Waals surface area contributed by atoms with Gasteiger partial charge in [-0.1, -0.05) is 0 Å². The summed E-state index contributed by atoms with van der Waals surface area (Å²) < 4.78 is 4.64. The molecule has 0 aromatic heterocycles. The Bertz CT molecular complexity index is 179. The van der Waals surface area contributed by atoms with Crippen LogP contribution in [0.4, 0.5) is 0 Å². The highest BCUT2D eigenvalue weighted by molar-refractivity contribution is 5.70. The highest BCUT2D eigenvalue weighted by atomic mass is 16.5. The first-order valence-electron chi connectivity index (χ1n) is 4.04. The van der Waals surface area contributed by atoms with Gasteiger partial charge in [0.05, 0.1) is 13.5 Å². The van der Waals surface area contributed by atoms with Crippen LogP contribution in [0.1, 0.15) is 19.3 Å². The molecule has 0 aromatic rings. The second kappa shape index (κ2) is 2.21. The third-order valence-electron chi connectivity index (χ3n) is 2.87. The molecular formula is C8H13NO2. The van der Waals surface area contributed by atoms with Gasteiger partial charge in [-0.25, -0.2) is 0 Å². The fourth-order valence-electron chi connectivity index (χ4n) is 2.22. The molecule has 62 valence electrons. The fraction of sp³-hybridized carbons (Fsp3) is 0.875. The molecule has 2 bridgehead atoms. The van der Waals surface area contributed by atoms with Gasteiger partial charge in [0.1, 0.15) is 0 Å². The summed E-state index contributed by atoms with van der Waals surface area (Å²) in [6.45, 7) is 1.01. The topological polar surface area (TPSA) is 38.3 Å². The average Bonchev–Trinajstić information content (AvgIpc) is 2.45. The first kappa shape index (κ1) is 7.10. The Hall–Kier alpha value is -0.570. The SMILES string of the molecule is COC(=O)CC12CNC(C1)C2. The summed E-state index contributed by atoms with van der Waals surface area (Å²) in [5.74, 6) is -0.0628. The Morgan fingerprint density at radius 2 is 2.45 bits per heavy atom. The lowest BCUT2D eigenvalue weighted by Crippen LogP contribution is -2.35. The van der Waals surface area contributed by atoms with Crippen LogP contribution in [0.5, 0.6) is 0 Å². The molecule has 1 aliphatic carbocycles. The van der Waals surface area contributed by atoms with Crippen LogP contribution < -0.4 is 5.32 Å². The quantitative estimate of drug-likeness (QED) is 0.583. The van der Waals surface area contributed by atoms with Crippen molar-refractivity contribution in [2.45, 2.75) is 25.3 Å². The molecule has 0 aromatic carbocycles. The van der Waals surface area contributed by atoms with Crippen LogP contribution in [0.2, 0.25) is 0 Å². The maximum atomic E-state index is 10.9. The first-order chi connectivity index (χ1) is 5.24. The molecule has 2 aliphatic heterocycles. The number of esters is 1. The Labute approximate surface area is 66.1 Å². The summed E-state index contributed by atoms with van der Waals surface area (Å²) >= 11 is 0. The molecule has 1 N–H and O–H groups in total. The number of carbonyl (C=O) groups is 1. The van der Waals surface area contributed by atoms with E-state index in [0.717, 1.165) is 6.54 Å². The minimum atomic E-state index is -0.0628. The van der Waals surface area contributed by atoms with Gasteiger partial charge in [0.25, 0.3) is 0 Å².